The van der Waals surface area contributed by atoms with Gasteiger partial charge in [-0.15, -0.1) is 0 Å². The van der Waals surface area contributed by atoms with Gasteiger partial charge in [-0.1, -0.05) is 18.2 Å². The van der Waals surface area contributed by atoms with E-state index in [9.17, 15) is 9.59 Å². The number of carbonyl (C=O) groups excluding carboxylic acids is 2. The SMILES string of the molecule is Cc1ccccc1OCCCC(=O)NNC(=O)C1CC1. The van der Waals surface area contributed by atoms with E-state index in [0.717, 1.165) is 24.2 Å². The fraction of sp³-hybridized carbons (Fsp3) is 0.467. The summed E-state index contributed by atoms with van der Waals surface area (Å²) < 4.78 is 5.59. The van der Waals surface area contributed by atoms with Crippen LogP contribution >= 0.6 is 0 Å². The van der Waals surface area contributed by atoms with Crippen LogP contribution in [0.4, 0.5) is 0 Å². The molecule has 5 heteroatoms. The van der Waals surface area contributed by atoms with Crippen molar-refractivity contribution >= 4 is 11.8 Å². The fourth-order valence-corrected chi connectivity index (χ4v) is 1.77. The van der Waals surface area contributed by atoms with E-state index in [1.54, 1.807) is 0 Å². The third-order valence-corrected chi connectivity index (χ3v) is 3.17. The maximum atomic E-state index is 11.5. The van der Waals surface area contributed by atoms with Crippen LogP contribution in [0, 0.1) is 12.8 Å². The molecule has 2 rings (SSSR count). The maximum Gasteiger partial charge on any atom is 0.241 e. The summed E-state index contributed by atoms with van der Waals surface area (Å²) in [5.41, 5.74) is 5.93. The van der Waals surface area contributed by atoms with Crippen LogP contribution < -0.4 is 15.6 Å². The summed E-state index contributed by atoms with van der Waals surface area (Å²) in [7, 11) is 0. The van der Waals surface area contributed by atoms with Crippen LogP contribution in [-0.4, -0.2) is 18.4 Å². The van der Waals surface area contributed by atoms with Gasteiger partial charge in [-0.25, -0.2) is 0 Å². The minimum Gasteiger partial charge on any atom is -0.493 e. The van der Waals surface area contributed by atoms with Crippen molar-refractivity contribution in [2.24, 2.45) is 5.92 Å². The highest BCUT2D eigenvalue weighted by atomic mass is 16.5. The Bertz CT molecular complexity index is 484. The first-order valence-electron chi connectivity index (χ1n) is 6.94. The van der Waals surface area contributed by atoms with E-state index in [2.05, 4.69) is 10.9 Å². The summed E-state index contributed by atoms with van der Waals surface area (Å²) in [5.74, 6) is 0.663. The minimum absolute atomic E-state index is 0.0884. The Kier molecular flexibility index (Phi) is 4.98. The van der Waals surface area contributed by atoms with Crippen molar-refractivity contribution in [1.82, 2.24) is 10.9 Å². The number of rotatable bonds is 6. The standard InChI is InChI=1S/C15H20N2O3/c1-11-5-2-3-6-13(11)20-10-4-7-14(18)16-17-15(19)12-8-9-12/h2-3,5-6,12H,4,7-10H2,1H3,(H,16,18)(H,17,19). The molecular weight excluding hydrogens is 256 g/mol. The van der Waals surface area contributed by atoms with E-state index >= 15 is 0 Å². The molecule has 1 fully saturated rings. The molecule has 0 saturated heterocycles. The minimum atomic E-state index is -0.188. The summed E-state index contributed by atoms with van der Waals surface area (Å²) in [5, 5.41) is 0. The zero-order valence-electron chi connectivity index (χ0n) is 11.6. The number of nitrogens with one attached hydrogen (secondary N) is 2. The van der Waals surface area contributed by atoms with Gasteiger partial charge >= 0.3 is 0 Å². The lowest BCUT2D eigenvalue weighted by Crippen LogP contribution is -2.42. The topological polar surface area (TPSA) is 67.4 Å². The molecule has 1 aliphatic carbocycles. The lowest BCUT2D eigenvalue weighted by atomic mass is 10.2. The van der Waals surface area contributed by atoms with Gasteiger partial charge in [0, 0.05) is 12.3 Å². The number of carbonyl (C=O) groups is 2. The average Bonchev–Trinajstić information content (AvgIpc) is 3.27. The molecule has 0 atom stereocenters. The molecule has 20 heavy (non-hydrogen) atoms. The molecule has 1 saturated carbocycles. The highest BCUT2D eigenvalue weighted by Gasteiger charge is 2.29. The molecule has 5 nitrogen and oxygen atoms in total. The van der Waals surface area contributed by atoms with Crippen LogP contribution in [0.5, 0.6) is 5.75 Å². The molecular formula is C15H20N2O3. The monoisotopic (exact) mass is 276 g/mol. The predicted molar refractivity (Wildman–Crippen MR) is 74.9 cm³/mol. The molecule has 0 radical (unpaired) electrons. The molecule has 0 unspecified atom stereocenters. The van der Waals surface area contributed by atoms with Crippen LogP contribution in [0.25, 0.3) is 0 Å². The van der Waals surface area contributed by atoms with Crippen molar-refractivity contribution in [2.75, 3.05) is 6.61 Å². The van der Waals surface area contributed by atoms with E-state index in [0.29, 0.717) is 19.4 Å². The van der Waals surface area contributed by atoms with Crippen molar-refractivity contribution in [3.05, 3.63) is 29.8 Å². The van der Waals surface area contributed by atoms with Crippen LogP contribution in [0.1, 0.15) is 31.2 Å². The first-order chi connectivity index (χ1) is 9.66. The zero-order chi connectivity index (χ0) is 14.4. The number of ether oxygens (including phenoxy) is 1. The Balaban J connectivity index is 1.57. The lowest BCUT2D eigenvalue weighted by Gasteiger charge is -2.09. The van der Waals surface area contributed by atoms with Crippen molar-refractivity contribution in [1.29, 1.82) is 0 Å². The van der Waals surface area contributed by atoms with Crippen LogP contribution in [0.2, 0.25) is 0 Å². The summed E-state index contributed by atoms with van der Waals surface area (Å²) >= 11 is 0. The van der Waals surface area contributed by atoms with E-state index in [1.165, 1.54) is 0 Å². The van der Waals surface area contributed by atoms with E-state index in [1.807, 2.05) is 31.2 Å². The highest BCUT2D eigenvalue weighted by molar-refractivity contribution is 5.84. The second kappa shape index (κ2) is 6.93. The van der Waals surface area contributed by atoms with E-state index in [-0.39, 0.29) is 17.7 Å². The molecule has 2 amide bonds. The molecule has 0 spiro atoms. The normalized spacial score (nSPS) is 13.7. The predicted octanol–water partition coefficient (Wildman–Crippen LogP) is 1.71. The molecule has 1 aliphatic rings. The van der Waals surface area contributed by atoms with Crippen molar-refractivity contribution in [3.8, 4) is 5.75 Å². The number of hydrazine groups is 1. The number of para-hydroxylation sites is 1. The number of hydrogen-bond acceptors (Lipinski definition) is 3. The Labute approximate surface area is 118 Å². The molecule has 0 aliphatic heterocycles. The Morgan fingerprint density at radius 2 is 2.00 bits per heavy atom. The second-order valence-corrected chi connectivity index (χ2v) is 5.03. The fourth-order valence-electron chi connectivity index (χ4n) is 1.77. The molecule has 0 bridgehead atoms. The van der Waals surface area contributed by atoms with Crippen LogP contribution in [0.15, 0.2) is 24.3 Å². The second-order valence-electron chi connectivity index (χ2n) is 5.03. The third-order valence-electron chi connectivity index (χ3n) is 3.17. The van der Waals surface area contributed by atoms with Crippen molar-refractivity contribution < 1.29 is 14.3 Å². The van der Waals surface area contributed by atoms with Gasteiger partial charge in [0.05, 0.1) is 6.61 Å². The summed E-state index contributed by atoms with van der Waals surface area (Å²) in [6.07, 6.45) is 2.79. The molecule has 1 aromatic rings. The molecule has 2 N–H and O–H groups in total. The lowest BCUT2D eigenvalue weighted by molar-refractivity contribution is -0.129. The maximum absolute atomic E-state index is 11.5. The number of benzene rings is 1. The van der Waals surface area contributed by atoms with Crippen LogP contribution in [0.3, 0.4) is 0 Å². The molecule has 0 heterocycles. The smallest absolute Gasteiger partial charge is 0.241 e. The molecule has 1 aromatic carbocycles. The van der Waals surface area contributed by atoms with Crippen LogP contribution in [-0.2, 0) is 9.59 Å². The van der Waals surface area contributed by atoms with Crippen molar-refractivity contribution in [3.63, 3.8) is 0 Å². The Morgan fingerprint density at radius 1 is 1.25 bits per heavy atom. The summed E-state index contributed by atoms with van der Waals surface area (Å²) in [6, 6.07) is 7.77. The summed E-state index contributed by atoms with van der Waals surface area (Å²) in [6.45, 7) is 2.46. The van der Waals surface area contributed by atoms with Gasteiger partial charge in [0.15, 0.2) is 0 Å². The van der Waals surface area contributed by atoms with Crippen molar-refractivity contribution in [2.45, 2.75) is 32.6 Å². The van der Waals surface area contributed by atoms with Gasteiger partial charge in [-0.3, -0.25) is 20.4 Å². The summed E-state index contributed by atoms with van der Waals surface area (Å²) in [4.78, 5) is 22.8. The van der Waals surface area contributed by atoms with Gasteiger partial charge < -0.3 is 4.74 Å². The quantitative estimate of drug-likeness (QED) is 0.614. The number of aryl methyl sites for hydroxylation is 1. The van der Waals surface area contributed by atoms with Gasteiger partial charge in [-0.2, -0.15) is 0 Å². The van der Waals surface area contributed by atoms with Gasteiger partial charge in [-0.05, 0) is 37.8 Å². The number of amides is 2. The highest BCUT2D eigenvalue weighted by Crippen LogP contribution is 2.28. The van der Waals surface area contributed by atoms with Gasteiger partial charge in [0.25, 0.3) is 0 Å². The zero-order valence-corrected chi connectivity index (χ0v) is 11.6. The Morgan fingerprint density at radius 3 is 2.70 bits per heavy atom. The first-order valence-corrected chi connectivity index (χ1v) is 6.94. The van der Waals surface area contributed by atoms with E-state index in [4.69, 9.17) is 4.74 Å². The third kappa shape index (κ3) is 4.57. The first kappa shape index (κ1) is 14.4. The van der Waals surface area contributed by atoms with E-state index < -0.39 is 0 Å². The molecule has 0 aromatic heterocycles. The van der Waals surface area contributed by atoms with Gasteiger partial charge in [0.1, 0.15) is 5.75 Å². The number of hydrogen-bond donors (Lipinski definition) is 2. The average molecular weight is 276 g/mol. The largest absolute Gasteiger partial charge is 0.493 e. The Hall–Kier alpha value is -2.04. The van der Waals surface area contributed by atoms with Gasteiger partial charge in [0.2, 0.25) is 11.8 Å². The molecule has 108 valence electrons.